The number of rotatable bonds is 14. The third-order valence-electron chi connectivity index (χ3n) is 11.9. The molecule has 6 aromatic rings. The Morgan fingerprint density at radius 2 is 0.875 bits per heavy atom. The van der Waals surface area contributed by atoms with E-state index in [0.717, 1.165) is 22.4 Å². The first kappa shape index (κ1) is 45.8. The first-order valence-corrected chi connectivity index (χ1v) is 22.3. The Morgan fingerprint density at radius 1 is 0.500 bits per heavy atom. The maximum Gasteiger partial charge on any atom is 0.234 e. The number of aromatic nitrogens is 1. The van der Waals surface area contributed by atoms with E-state index in [9.17, 15) is 19.2 Å². The monoisotopic (exact) mass is 864 g/mol. The Hall–Kier alpha value is -6.25. The van der Waals surface area contributed by atoms with Crippen LogP contribution >= 0.6 is 0 Å². The lowest BCUT2D eigenvalue weighted by atomic mass is 10.1. The highest BCUT2D eigenvalue weighted by Crippen LogP contribution is 2.19. The number of fused-ring (bicyclic) bond motifs is 2. The van der Waals surface area contributed by atoms with Crippen molar-refractivity contribution in [1.29, 1.82) is 0 Å². The zero-order valence-corrected chi connectivity index (χ0v) is 37.1. The first-order chi connectivity index (χ1) is 31.1. The summed E-state index contributed by atoms with van der Waals surface area (Å²) in [6.07, 6.45) is 0. The van der Waals surface area contributed by atoms with E-state index in [0.29, 0.717) is 75.3 Å². The van der Waals surface area contributed by atoms with Crippen LogP contribution in [-0.2, 0) is 20.9 Å². The molecular weight excluding hydrogens is 805 g/mol. The van der Waals surface area contributed by atoms with Crippen LogP contribution in [0, 0.1) is 0 Å². The van der Waals surface area contributed by atoms with Gasteiger partial charge in [-0.25, -0.2) is 4.98 Å². The molecule has 3 N–H and O–H groups in total. The highest BCUT2D eigenvalue weighted by molar-refractivity contribution is 5.88. The van der Waals surface area contributed by atoms with Gasteiger partial charge in [0.1, 0.15) is 5.58 Å². The van der Waals surface area contributed by atoms with Crippen molar-refractivity contribution in [2.45, 2.75) is 45.4 Å². The lowest BCUT2D eigenvalue weighted by Crippen LogP contribution is -2.50. The number of nitrogens with zero attached hydrogens (tertiary/aromatic N) is 5. The second kappa shape index (κ2) is 22.4. The third kappa shape index (κ3) is 12.9. The number of hydrogen-bond acceptors (Lipinski definition) is 10. The number of carbonyl (C=O) groups excluding carboxylic acids is 3. The molecule has 1 saturated heterocycles. The van der Waals surface area contributed by atoms with Gasteiger partial charge in [-0.3, -0.25) is 38.8 Å². The van der Waals surface area contributed by atoms with Crippen LogP contribution in [0.5, 0.6) is 0 Å². The maximum atomic E-state index is 13.7. The number of amides is 3. The second-order valence-electron chi connectivity index (χ2n) is 16.8. The van der Waals surface area contributed by atoms with Gasteiger partial charge < -0.3 is 20.4 Å². The zero-order chi connectivity index (χ0) is 44.8. The second-order valence-corrected chi connectivity index (χ2v) is 16.8. The summed E-state index contributed by atoms with van der Waals surface area (Å²) in [4.78, 5) is 67.9. The van der Waals surface area contributed by atoms with Crippen LogP contribution in [0.15, 0.2) is 137 Å². The van der Waals surface area contributed by atoms with E-state index in [1.807, 2.05) is 130 Å². The summed E-state index contributed by atoms with van der Waals surface area (Å²) in [5.41, 5.74) is 4.46. The molecule has 1 fully saturated rings. The summed E-state index contributed by atoms with van der Waals surface area (Å²) >= 11 is 0. The Morgan fingerprint density at radius 3 is 1.30 bits per heavy atom. The fourth-order valence-corrected chi connectivity index (χ4v) is 8.20. The SMILES string of the molecule is C[C@H](NC(=O)CN1CCN(CC(=O)N[C@@H](C)c2ccccc2)CCN(Cc2ccc3c(=O)c4ccccc4oc3n2)CCN(CC(=O)N[C@@H](C)c2ccccc2)CC1)c1ccccc1. The first-order valence-electron chi connectivity index (χ1n) is 22.3. The van der Waals surface area contributed by atoms with Crippen LogP contribution in [0.1, 0.15) is 61.3 Å². The largest absolute Gasteiger partial charge is 0.437 e. The van der Waals surface area contributed by atoms with Crippen LogP contribution in [0.4, 0.5) is 0 Å². The fourth-order valence-electron chi connectivity index (χ4n) is 8.20. The molecular formula is C51H60N8O5. The van der Waals surface area contributed by atoms with Gasteiger partial charge in [-0.1, -0.05) is 103 Å². The zero-order valence-electron chi connectivity index (χ0n) is 37.1. The molecule has 3 amide bonds. The van der Waals surface area contributed by atoms with E-state index in [4.69, 9.17) is 9.40 Å². The average molecular weight is 865 g/mol. The molecule has 0 saturated carbocycles. The summed E-state index contributed by atoms with van der Waals surface area (Å²) in [6.45, 7) is 11.3. The minimum absolute atomic E-state index is 0.0867. The van der Waals surface area contributed by atoms with Crippen molar-refractivity contribution in [3.05, 3.63) is 160 Å². The Bertz CT molecular complexity index is 2440. The summed E-state index contributed by atoms with van der Waals surface area (Å²) < 4.78 is 6.13. The minimum Gasteiger partial charge on any atom is -0.437 e. The summed E-state index contributed by atoms with van der Waals surface area (Å²) in [5.74, 6) is -0.268. The molecule has 13 nitrogen and oxygen atoms in total. The van der Waals surface area contributed by atoms with Crippen molar-refractivity contribution in [3.63, 3.8) is 0 Å². The van der Waals surface area contributed by atoms with Gasteiger partial charge in [0.25, 0.3) is 0 Å². The van der Waals surface area contributed by atoms with Gasteiger partial charge in [-0.05, 0) is 61.7 Å². The van der Waals surface area contributed by atoms with Crippen molar-refractivity contribution < 1.29 is 18.8 Å². The van der Waals surface area contributed by atoms with Crippen molar-refractivity contribution in [3.8, 4) is 0 Å². The van der Waals surface area contributed by atoms with Crippen molar-refractivity contribution >= 4 is 39.8 Å². The molecule has 334 valence electrons. The topological polar surface area (TPSA) is 143 Å². The Balaban J connectivity index is 1.11. The van der Waals surface area contributed by atoms with Crippen molar-refractivity contribution in [1.82, 2.24) is 40.5 Å². The molecule has 13 heteroatoms. The molecule has 0 bridgehead atoms. The number of carbonyl (C=O) groups is 3. The summed E-state index contributed by atoms with van der Waals surface area (Å²) in [6, 6.07) is 40.0. The van der Waals surface area contributed by atoms with E-state index in [2.05, 4.69) is 35.6 Å². The number of para-hydroxylation sites is 1. The van der Waals surface area contributed by atoms with Crippen LogP contribution < -0.4 is 21.4 Å². The standard InChI is InChI=1S/C51H60N8O5/c1-37(40-15-7-4-8-16-40)52-47(60)34-57-27-25-56(33-43-23-24-45-50(63)44-21-13-14-22-46(44)64-51(45)55-43)26-28-58(35-48(61)53-38(2)41-17-9-5-10-18-41)30-32-59(31-29-57)36-49(62)54-39(3)42-19-11-6-12-20-42/h4-24,37-39H,25-36H2,1-3H3,(H,52,60)(H,53,61)(H,54,62)/t37-,38-,39-/m0/s1. The molecule has 0 unspecified atom stereocenters. The van der Waals surface area contributed by atoms with Gasteiger partial charge in [0, 0.05) is 58.9 Å². The lowest BCUT2D eigenvalue weighted by molar-refractivity contribution is -0.125. The lowest BCUT2D eigenvalue weighted by Gasteiger charge is -2.34. The van der Waals surface area contributed by atoms with Gasteiger partial charge >= 0.3 is 0 Å². The number of pyridine rings is 1. The molecule has 1 aliphatic heterocycles. The molecule has 64 heavy (non-hydrogen) atoms. The molecule has 7 rings (SSSR count). The molecule has 0 aliphatic carbocycles. The van der Waals surface area contributed by atoms with Crippen LogP contribution in [0.3, 0.4) is 0 Å². The molecule has 3 atom stereocenters. The average Bonchev–Trinajstić information content (AvgIpc) is 3.30. The van der Waals surface area contributed by atoms with E-state index >= 15 is 0 Å². The predicted octanol–water partition coefficient (Wildman–Crippen LogP) is 5.70. The molecule has 1 aliphatic rings. The van der Waals surface area contributed by atoms with E-state index in [-0.39, 0.29) is 66.6 Å². The number of benzene rings is 4. The van der Waals surface area contributed by atoms with Gasteiger partial charge in [0.2, 0.25) is 28.9 Å². The smallest absolute Gasteiger partial charge is 0.234 e. The highest BCUT2D eigenvalue weighted by Gasteiger charge is 2.23. The number of nitrogens with one attached hydrogen (secondary N) is 3. The Kier molecular flexibility index (Phi) is 16.0. The van der Waals surface area contributed by atoms with E-state index < -0.39 is 0 Å². The molecule has 3 heterocycles. The maximum absolute atomic E-state index is 13.7. The minimum atomic E-state index is -0.168. The van der Waals surface area contributed by atoms with Gasteiger partial charge in [-0.15, -0.1) is 0 Å². The van der Waals surface area contributed by atoms with Gasteiger partial charge in [0.05, 0.1) is 54.2 Å². The van der Waals surface area contributed by atoms with Gasteiger partial charge in [-0.2, -0.15) is 0 Å². The molecule has 0 radical (unpaired) electrons. The molecule has 2 aromatic heterocycles. The van der Waals surface area contributed by atoms with Gasteiger partial charge in [0.15, 0.2) is 0 Å². The normalized spacial score (nSPS) is 16.5. The third-order valence-corrected chi connectivity index (χ3v) is 11.9. The van der Waals surface area contributed by atoms with E-state index in [1.54, 1.807) is 18.2 Å². The van der Waals surface area contributed by atoms with Crippen molar-refractivity contribution in [2.24, 2.45) is 0 Å². The summed E-state index contributed by atoms with van der Waals surface area (Å²) in [5, 5.41) is 10.5. The molecule has 4 aromatic carbocycles. The van der Waals surface area contributed by atoms with Crippen LogP contribution in [-0.4, -0.2) is 114 Å². The highest BCUT2D eigenvalue weighted by atomic mass is 16.3. The Labute approximate surface area is 375 Å². The number of hydrogen-bond donors (Lipinski definition) is 3. The quantitative estimate of drug-likeness (QED) is 0.117. The molecule has 0 spiro atoms. The van der Waals surface area contributed by atoms with E-state index in [1.165, 1.54) is 0 Å². The van der Waals surface area contributed by atoms with Crippen molar-refractivity contribution in [2.75, 3.05) is 72.0 Å². The van der Waals surface area contributed by atoms with Crippen LogP contribution in [0.25, 0.3) is 22.1 Å². The summed E-state index contributed by atoms with van der Waals surface area (Å²) in [7, 11) is 0. The van der Waals surface area contributed by atoms with Crippen LogP contribution in [0.2, 0.25) is 0 Å². The fraction of sp³-hybridized carbons (Fsp3) is 0.353. The predicted molar refractivity (Wildman–Crippen MR) is 251 cm³/mol.